The van der Waals surface area contributed by atoms with Crippen molar-refractivity contribution in [3.05, 3.63) is 93.9 Å². The summed E-state index contributed by atoms with van der Waals surface area (Å²) in [6.07, 6.45) is 1.47. The van der Waals surface area contributed by atoms with E-state index in [1.807, 2.05) is 37.3 Å². The number of halogens is 2. The van der Waals surface area contributed by atoms with Gasteiger partial charge in [-0.2, -0.15) is 0 Å². The summed E-state index contributed by atoms with van der Waals surface area (Å²) in [5, 5.41) is 0.470. The van der Waals surface area contributed by atoms with Crippen LogP contribution in [0.25, 0.3) is 22.2 Å². The van der Waals surface area contributed by atoms with Crippen molar-refractivity contribution in [1.29, 1.82) is 0 Å². The standard InChI is InChI=1S/C23H19ClFN3O2/c1-15(12-30-13-16-6-3-2-4-7-16)28-14-26-22-19(23(28)29)11-20(24)27-21(22)17-8-5-9-18(25)10-17/h2-11,14-15H,12-13H2,1H3. The van der Waals surface area contributed by atoms with Crippen molar-refractivity contribution >= 4 is 22.5 Å². The zero-order chi connectivity index (χ0) is 21.1. The van der Waals surface area contributed by atoms with E-state index >= 15 is 0 Å². The lowest BCUT2D eigenvalue weighted by atomic mass is 10.1. The predicted molar refractivity (Wildman–Crippen MR) is 115 cm³/mol. The molecule has 0 saturated heterocycles. The lowest BCUT2D eigenvalue weighted by Gasteiger charge is -2.16. The van der Waals surface area contributed by atoms with Crippen molar-refractivity contribution in [2.75, 3.05) is 6.61 Å². The summed E-state index contributed by atoms with van der Waals surface area (Å²) in [5.41, 5.74) is 2.06. The Labute approximate surface area is 177 Å². The number of pyridine rings is 1. The van der Waals surface area contributed by atoms with Gasteiger partial charge in [0.2, 0.25) is 0 Å². The Morgan fingerprint density at radius 1 is 1.13 bits per heavy atom. The minimum Gasteiger partial charge on any atom is -0.375 e. The molecule has 1 unspecified atom stereocenters. The van der Waals surface area contributed by atoms with E-state index < -0.39 is 5.82 Å². The van der Waals surface area contributed by atoms with Crippen LogP contribution in [-0.2, 0) is 11.3 Å². The Hall–Kier alpha value is -3.09. The highest BCUT2D eigenvalue weighted by Gasteiger charge is 2.16. The minimum absolute atomic E-state index is 0.145. The van der Waals surface area contributed by atoms with Gasteiger partial charge in [-0.1, -0.05) is 54.1 Å². The van der Waals surface area contributed by atoms with Crippen LogP contribution in [0.3, 0.4) is 0 Å². The molecule has 0 radical (unpaired) electrons. The molecular formula is C23H19ClFN3O2. The highest BCUT2D eigenvalue weighted by atomic mass is 35.5. The minimum atomic E-state index is -0.403. The van der Waals surface area contributed by atoms with E-state index in [2.05, 4.69) is 9.97 Å². The zero-order valence-electron chi connectivity index (χ0n) is 16.3. The van der Waals surface area contributed by atoms with Crippen molar-refractivity contribution in [3.8, 4) is 11.3 Å². The first kappa shape index (κ1) is 20.2. The van der Waals surface area contributed by atoms with E-state index in [0.29, 0.717) is 35.4 Å². The Morgan fingerprint density at radius 2 is 1.93 bits per heavy atom. The number of ether oxygens (including phenoxy) is 1. The molecule has 0 aliphatic carbocycles. The fourth-order valence-electron chi connectivity index (χ4n) is 3.27. The third-order valence-corrected chi connectivity index (χ3v) is 4.97. The Bertz CT molecular complexity index is 1240. The van der Waals surface area contributed by atoms with Crippen LogP contribution >= 0.6 is 11.6 Å². The number of nitrogens with zero attached hydrogens (tertiary/aromatic N) is 3. The first-order chi connectivity index (χ1) is 14.5. The second-order valence-corrected chi connectivity index (χ2v) is 7.39. The number of aromatic nitrogens is 3. The SMILES string of the molecule is CC(COCc1ccccc1)n1cnc2c(-c3cccc(F)c3)nc(Cl)cc2c1=O. The van der Waals surface area contributed by atoms with Gasteiger partial charge in [-0.15, -0.1) is 0 Å². The largest absolute Gasteiger partial charge is 0.375 e. The average molecular weight is 424 g/mol. The molecule has 0 fully saturated rings. The molecule has 4 aromatic rings. The molecule has 0 aliphatic rings. The maximum absolute atomic E-state index is 13.7. The van der Waals surface area contributed by atoms with E-state index in [-0.39, 0.29) is 16.8 Å². The van der Waals surface area contributed by atoms with Gasteiger partial charge in [-0.3, -0.25) is 9.36 Å². The van der Waals surface area contributed by atoms with Gasteiger partial charge < -0.3 is 4.74 Å². The van der Waals surface area contributed by atoms with Gasteiger partial charge in [0.15, 0.2) is 0 Å². The highest BCUT2D eigenvalue weighted by molar-refractivity contribution is 6.30. The Kier molecular flexibility index (Phi) is 5.88. The monoisotopic (exact) mass is 423 g/mol. The number of hydrogen-bond donors (Lipinski definition) is 0. The quantitative estimate of drug-likeness (QED) is 0.408. The maximum atomic E-state index is 13.7. The van der Waals surface area contributed by atoms with Crippen molar-refractivity contribution in [1.82, 2.24) is 14.5 Å². The zero-order valence-corrected chi connectivity index (χ0v) is 17.0. The van der Waals surface area contributed by atoms with E-state index in [9.17, 15) is 9.18 Å². The van der Waals surface area contributed by atoms with Crippen molar-refractivity contribution in [2.24, 2.45) is 0 Å². The summed E-state index contributed by atoms with van der Waals surface area (Å²) in [4.78, 5) is 21.8. The molecule has 2 heterocycles. The molecule has 0 aliphatic heterocycles. The Morgan fingerprint density at radius 3 is 2.70 bits per heavy atom. The fraction of sp³-hybridized carbons (Fsp3) is 0.174. The number of rotatable bonds is 6. The molecule has 152 valence electrons. The van der Waals surface area contributed by atoms with Crippen LogP contribution in [0.2, 0.25) is 5.15 Å². The second kappa shape index (κ2) is 8.73. The number of benzene rings is 2. The van der Waals surface area contributed by atoms with E-state index in [0.717, 1.165) is 5.56 Å². The Balaban J connectivity index is 1.64. The van der Waals surface area contributed by atoms with Gasteiger partial charge in [0.1, 0.15) is 16.5 Å². The van der Waals surface area contributed by atoms with Crippen LogP contribution in [-0.4, -0.2) is 21.1 Å². The van der Waals surface area contributed by atoms with Crippen molar-refractivity contribution in [3.63, 3.8) is 0 Å². The molecule has 0 N–H and O–H groups in total. The molecule has 30 heavy (non-hydrogen) atoms. The fourth-order valence-corrected chi connectivity index (χ4v) is 3.46. The van der Waals surface area contributed by atoms with Gasteiger partial charge in [0.05, 0.1) is 36.7 Å². The van der Waals surface area contributed by atoms with Gasteiger partial charge in [-0.25, -0.2) is 14.4 Å². The smallest absolute Gasteiger partial charge is 0.261 e. The summed E-state index contributed by atoms with van der Waals surface area (Å²) >= 11 is 6.16. The van der Waals surface area contributed by atoms with E-state index in [1.54, 1.807) is 12.1 Å². The second-order valence-electron chi connectivity index (χ2n) is 7.01. The molecule has 2 aromatic heterocycles. The normalized spacial score (nSPS) is 12.2. The van der Waals surface area contributed by atoms with Gasteiger partial charge >= 0.3 is 0 Å². The topological polar surface area (TPSA) is 57.0 Å². The molecule has 1 atom stereocenters. The molecule has 0 spiro atoms. The average Bonchev–Trinajstić information content (AvgIpc) is 2.74. The molecule has 2 aromatic carbocycles. The van der Waals surface area contributed by atoms with Crippen LogP contribution in [0.1, 0.15) is 18.5 Å². The molecule has 5 nitrogen and oxygen atoms in total. The van der Waals surface area contributed by atoms with E-state index in [1.165, 1.54) is 29.1 Å². The van der Waals surface area contributed by atoms with Crippen LogP contribution < -0.4 is 5.56 Å². The molecule has 0 bridgehead atoms. The summed E-state index contributed by atoms with van der Waals surface area (Å²) in [7, 11) is 0. The van der Waals surface area contributed by atoms with Crippen LogP contribution in [0.4, 0.5) is 4.39 Å². The summed E-state index contributed by atoms with van der Waals surface area (Å²) < 4.78 is 21.0. The lowest BCUT2D eigenvalue weighted by molar-refractivity contribution is 0.0937. The molecule has 4 rings (SSSR count). The van der Waals surface area contributed by atoms with Crippen LogP contribution in [0, 0.1) is 5.82 Å². The number of fused-ring (bicyclic) bond motifs is 1. The van der Waals surface area contributed by atoms with Gasteiger partial charge in [0, 0.05) is 5.56 Å². The molecule has 0 saturated carbocycles. The summed E-state index contributed by atoms with van der Waals surface area (Å²) in [6.45, 7) is 2.69. The highest BCUT2D eigenvalue weighted by Crippen LogP contribution is 2.27. The third kappa shape index (κ3) is 4.25. The van der Waals surface area contributed by atoms with Gasteiger partial charge in [0.25, 0.3) is 5.56 Å². The first-order valence-electron chi connectivity index (χ1n) is 9.48. The lowest BCUT2D eigenvalue weighted by Crippen LogP contribution is -2.26. The molecule has 7 heteroatoms. The predicted octanol–water partition coefficient (Wildman–Crippen LogP) is 5.03. The summed E-state index contributed by atoms with van der Waals surface area (Å²) in [5.74, 6) is -0.403. The molecular weight excluding hydrogens is 405 g/mol. The van der Waals surface area contributed by atoms with Gasteiger partial charge in [-0.05, 0) is 30.7 Å². The maximum Gasteiger partial charge on any atom is 0.261 e. The molecule has 0 amide bonds. The third-order valence-electron chi connectivity index (χ3n) is 4.78. The van der Waals surface area contributed by atoms with Crippen LogP contribution in [0.15, 0.2) is 71.8 Å². The van der Waals surface area contributed by atoms with Crippen LogP contribution in [0.5, 0.6) is 0 Å². The van der Waals surface area contributed by atoms with Crippen molar-refractivity contribution < 1.29 is 9.13 Å². The first-order valence-corrected chi connectivity index (χ1v) is 9.85. The number of hydrogen-bond acceptors (Lipinski definition) is 4. The summed E-state index contributed by atoms with van der Waals surface area (Å²) in [6, 6.07) is 17.0. The van der Waals surface area contributed by atoms with E-state index in [4.69, 9.17) is 16.3 Å². The van der Waals surface area contributed by atoms with Crippen molar-refractivity contribution in [2.45, 2.75) is 19.6 Å².